The van der Waals surface area contributed by atoms with Crippen LogP contribution in [0.4, 0.5) is 5.69 Å². The van der Waals surface area contributed by atoms with Gasteiger partial charge in [0.15, 0.2) is 0 Å². The summed E-state index contributed by atoms with van der Waals surface area (Å²) >= 11 is 0. The summed E-state index contributed by atoms with van der Waals surface area (Å²) in [5, 5.41) is 1.12. The lowest BCUT2D eigenvalue weighted by molar-refractivity contribution is 0.306. The number of nitrogens with zero attached hydrogens (tertiary/aromatic N) is 1. The lowest BCUT2D eigenvalue weighted by Gasteiger charge is -2.07. The van der Waals surface area contributed by atoms with Crippen molar-refractivity contribution < 1.29 is 4.74 Å². The highest BCUT2D eigenvalue weighted by Crippen LogP contribution is 2.18. The van der Waals surface area contributed by atoms with Crippen LogP contribution in [0, 0.1) is 0 Å². The first-order chi connectivity index (χ1) is 9.31. The molecule has 0 fully saturated rings. The summed E-state index contributed by atoms with van der Waals surface area (Å²) in [5.74, 6) is 0.784. The second kappa shape index (κ2) is 4.98. The van der Waals surface area contributed by atoms with Crippen LogP contribution in [0.1, 0.15) is 5.56 Å². The number of nitrogen functional groups attached to an aromatic ring is 1. The van der Waals surface area contributed by atoms with Crippen molar-refractivity contribution in [1.29, 1.82) is 0 Å². The molecule has 0 saturated carbocycles. The van der Waals surface area contributed by atoms with Gasteiger partial charge in [-0.1, -0.05) is 18.2 Å². The molecular weight excluding hydrogens is 236 g/mol. The normalized spacial score (nSPS) is 10.5. The van der Waals surface area contributed by atoms with Gasteiger partial charge < -0.3 is 10.5 Å². The maximum absolute atomic E-state index is 5.72. The van der Waals surface area contributed by atoms with E-state index in [1.165, 1.54) is 0 Å². The number of aromatic nitrogens is 1. The van der Waals surface area contributed by atoms with Crippen LogP contribution in [-0.4, -0.2) is 4.98 Å². The molecule has 0 aliphatic heterocycles. The summed E-state index contributed by atoms with van der Waals surface area (Å²) in [6.45, 7) is 0.522. The van der Waals surface area contributed by atoms with E-state index in [4.69, 9.17) is 10.5 Å². The second-order valence-electron chi connectivity index (χ2n) is 4.39. The zero-order valence-electron chi connectivity index (χ0n) is 10.4. The Morgan fingerprint density at radius 3 is 2.84 bits per heavy atom. The molecule has 0 atom stereocenters. The Balaban J connectivity index is 1.78. The molecule has 0 spiro atoms. The monoisotopic (exact) mass is 250 g/mol. The fraction of sp³-hybridized carbons (Fsp3) is 0.0625. The molecule has 94 valence electrons. The van der Waals surface area contributed by atoms with Gasteiger partial charge in [-0.05, 0) is 35.9 Å². The van der Waals surface area contributed by atoms with E-state index in [0.29, 0.717) is 12.3 Å². The highest BCUT2D eigenvalue weighted by molar-refractivity contribution is 5.78. The largest absolute Gasteiger partial charge is 0.489 e. The van der Waals surface area contributed by atoms with Gasteiger partial charge in [-0.3, -0.25) is 4.98 Å². The maximum Gasteiger partial charge on any atom is 0.121 e. The van der Waals surface area contributed by atoms with E-state index in [-0.39, 0.29) is 0 Å². The predicted molar refractivity (Wildman–Crippen MR) is 76.9 cm³/mol. The number of rotatable bonds is 3. The molecule has 3 heteroatoms. The van der Waals surface area contributed by atoms with Gasteiger partial charge in [0.1, 0.15) is 12.4 Å². The molecule has 1 aromatic heterocycles. The van der Waals surface area contributed by atoms with Crippen molar-refractivity contribution in [3.05, 3.63) is 66.4 Å². The van der Waals surface area contributed by atoms with Gasteiger partial charge in [-0.25, -0.2) is 0 Å². The van der Waals surface area contributed by atoms with E-state index in [2.05, 4.69) is 11.1 Å². The fourth-order valence-corrected chi connectivity index (χ4v) is 1.99. The van der Waals surface area contributed by atoms with Crippen LogP contribution in [0.25, 0.3) is 10.9 Å². The molecule has 0 bridgehead atoms. The highest BCUT2D eigenvalue weighted by Gasteiger charge is 1.99. The molecule has 2 aromatic carbocycles. The molecular formula is C16H14N2O. The average Bonchev–Trinajstić information content (AvgIpc) is 2.45. The van der Waals surface area contributed by atoms with E-state index < -0.39 is 0 Å². The molecule has 3 rings (SSSR count). The van der Waals surface area contributed by atoms with Crippen LogP contribution in [0.5, 0.6) is 5.75 Å². The maximum atomic E-state index is 5.72. The first-order valence-electron chi connectivity index (χ1n) is 6.13. The van der Waals surface area contributed by atoms with Gasteiger partial charge in [-0.15, -0.1) is 0 Å². The number of fused-ring (bicyclic) bond motifs is 1. The Morgan fingerprint density at radius 2 is 1.95 bits per heavy atom. The van der Waals surface area contributed by atoms with Gasteiger partial charge in [0, 0.05) is 23.3 Å². The van der Waals surface area contributed by atoms with Crippen molar-refractivity contribution in [2.75, 3.05) is 5.73 Å². The molecule has 0 unspecified atom stereocenters. The summed E-state index contributed by atoms with van der Waals surface area (Å²) in [4.78, 5) is 4.29. The Hall–Kier alpha value is -2.55. The molecule has 0 saturated heterocycles. The van der Waals surface area contributed by atoms with Gasteiger partial charge >= 0.3 is 0 Å². The quantitative estimate of drug-likeness (QED) is 0.725. The van der Waals surface area contributed by atoms with Gasteiger partial charge in [0.05, 0.1) is 5.52 Å². The summed E-state index contributed by atoms with van der Waals surface area (Å²) < 4.78 is 5.72. The van der Waals surface area contributed by atoms with E-state index in [0.717, 1.165) is 22.2 Å². The first-order valence-corrected chi connectivity index (χ1v) is 6.13. The van der Waals surface area contributed by atoms with Crippen molar-refractivity contribution in [3.8, 4) is 5.75 Å². The van der Waals surface area contributed by atoms with Crippen molar-refractivity contribution in [3.63, 3.8) is 0 Å². The summed E-state index contributed by atoms with van der Waals surface area (Å²) in [6, 6.07) is 17.6. The third-order valence-electron chi connectivity index (χ3n) is 2.93. The minimum atomic E-state index is 0.522. The third kappa shape index (κ3) is 2.65. The Kier molecular flexibility index (Phi) is 3.02. The SMILES string of the molecule is Nc1cccc(OCc2ccc3ncccc3c2)c1. The number of nitrogens with two attached hydrogens (primary N) is 1. The number of benzene rings is 2. The van der Waals surface area contributed by atoms with Crippen LogP contribution >= 0.6 is 0 Å². The number of ether oxygens (including phenoxy) is 1. The van der Waals surface area contributed by atoms with Crippen LogP contribution in [0.15, 0.2) is 60.8 Å². The van der Waals surface area contributed by atoms with E-state index >= 15 is 0 Å². The number of hydrogen-bond donors (Lipinski definition) is 1. The second-order valence-corrected chi connectivity index (χ2v) is 4.39. The third-order valence-corrected chi connectivity index (χ3v) is 2.93. The van der Waals surface area contributed by atoms with Gasteiger partial charge in [0.2, 0.25) is 0 Å². The number of pyridine rings is 1. The zero-order chi connectivity index (χ0) is 13.1. The van der Waals surface area contributed by atoms with E-state index in [1.54, 1.807) is 6.20 Å². The summed E-state index contributed by atoms with van der Waals surface area (Å²) in [7, 11) is 0. The predicted octanol–water partition coefficient (Wildman–Crippen LogP) is 3.40. The minimum absolute atomic E-state index is 0.522. The van der Waals surface area contributed by atoms with Crippen molar-refractivity contribution in [1.82, 2.24) is 4.98 Å². The molecule has 19 heavy (non-hydrogen) atoms. The zero-order valence-corrected chi connectivity index (χ0v) is 10.4. The Bertz CT molecular complexity index is 710. The molecule has 1 heterocycles. The van der Waals surface area contributed by atoms with Crippen molar-refractivity contribution >= 4 is 16.6 Å². The van der Waals surface area contributed by atoms with Gasteiger partial charge in [0.25, 0.3) is 0 Å². The Morgan fingerprint density at radius 1 is 1.00 bits per heavy atom. The van der Waals surface area contributed by atoms with Gasteiger partial charge in [-0.2, -0.15) is 0 Å². The average molecular weight is 250 g/mol. The minimum Gasteiger partial charge on any atom is -0.489 e. The standard InChI is InChI=1S/C16H14N2O/c17-14-4-1-5-15(10-14)19-11-12-6-7-16-13(9-12)3-2-8-18-16/h1-10H,11,17H2. The molecule has 3 nitrogen and oxygen atoms in total. The topological polar surface area (TPSA) is 48.1 Å². The van der Waals surface area contributed by atoms with E-state index in [1.807, 2.05) is 48.5 Å². The smallest absolute Gasteiger partial charge is 0.121 e. The van der Waals surface area contributed by atoms with Crippen LogP contribution in [0.2, 0.25) is 0 Å². The molecule has 3 aromatic rings. The number of anilines is 1. The van der Waals surface area contributed by atoms with Crippen LogP contribution in [-0.2, 0) is 6.61 Å². The first kappa shape index (κ1) is 11.5. The molecule has 0 amide bonds. The molecule has 0 aliphatic rings. The lowest BCUT2D eigenvalue weighted by Crippen LogP contribution is -1.96. The Labute approximate surface area is 111 Å². The summed E-state index contributed by atoms with van der Waals surface area (Å²) in [6.07, 6.45) is 1.80. The molecule has 0 aliphatic carbocycles. The van der Waals surface area contributed by atoms with E-state index in [9.17, 15) is 0 Å². The highest BCUT2D eigenvalue weighted by atomic mass is 16.5. The van der Waals surface area contributed by atoms with Crippen molar-refractivity contribution in [2.45, 2.75) is 6.61 Å². The lowest BCUT2D eigenvalue weighted by atomic mass is 10.1. The summed E-state index contributed by atoms with van der Waals surface area (Å²) in [5.41, 5.74) is 8.53. The molecule has 0 radical (unpaired) electrons. The van der Waals surface area contributed by atoms with Crippen LogP contribution < -0.4 is 10.5 Å². The van der Waals surface area contributed by atoms with Crippen LogP contribution in [0.3, 0.4) is 0 Å². The number of hydrogen-bond acceptors (Lipinski definition) is 3. The fourth-order valence-electron chi connectivity index (χ4n) is 1.99. The van der Waals surface area contributed by atoms with Crippen molar-refractivity contribution in [2.24, 2.45) is 0 Å². The molecule has 2 N–H and O–H groups in total.